The molecule has 2 nitrogen and oxygen atoms in total. The van der Waals surface area contributed by atoms with E-state index in [1.807, 2.05) is 32.0 Å². The highest BCUT2D eigenvalue weighted by atomic mass is 16.3. The number of hydrogen-bond acceptors (Lipinski definition) is 2. The van der Waals surface area contributed by atoms with Gasteiger partial charge in [-0.2, -0.15) is 0 Å². The highest BCUT2D eigenvalue weighted by Gasteiger charge is 2.13. The predicted molar refractivity (Wildman–Crippen MR) is 72.1 cm³/mol. The fourth-order valence-electron chi connectivity index (χ4n) is 2.09. The van der Waals surface area contributed by atoms with Crippen molar-refractivity contribution in [3.63, 3.8) is 0 Å². The second kappa shape index (κ2) is 5.05. The topological polar surface area (TPSA) is 37.3 Å². The summed E-state index contributed by atoms with van der Waals surface area (Å²) in [5.41, 5.74) is 3.66. The summed E-state index contributed by atoms with van der Waals surface area (Å²) in [5.74, 6) is -0.000706. The van der Waals surface area contributed by atoms with Crippen LogP contribution < -0.4 is 0 Å². The van der Waals surface area contributed by atoms with Crippen molar-refractivity contribution >= 4 is 5.78 Å². The van der Waals surface area contributed by atoms with Crippen LogP contribution in [0.3, 0.4) is 0 Å². The first-order valence-corrected chi connectivity index (χ1v) is 5.96. The molecule has 2 heteroatoms. The van der Waals surface area contributed by atoms with E-state index in [0.29, 0.717) is 12.0 Å². The smallest absolute Gasteiger partial charge is 0.170 e. The van der Waals surface area contributed by atoms with Crippen LogP contribution in [0.25, 0.3) is 0 Å². The van der Waals surface area contributed by atoms with Crippen LogP contribution in [0.4, 0.5) is 0 Å². The van der Waals surface area contributed by atoms with E-state index >= 15 is 0 Å². The Morgan fingerprint density at radius 2 is 1.61 bits per heavy atom. The molecule has 0 amide bonds. The Morgan fingerprint density at radius 1 is 1.00 bits per heavy atom. The van der Waals surface area contributed by atoms with Crippen LogP contribution in [-0.2, 0) is 6.42 Å². The third kappa shape index (κ3) is 2.43. The van der Waals surface area contributed by atoms with Gasteiger partial charge < -0.3 is 5.11 Å². The van der Waals surface area contributed by atoms with Gasteiger partial charge >= 0.3 is 0 Å². The number of hydrogen-bond donors (Lipinski definition) is 1. The highest BCUT2D eigenvalue weighted by molar-refractivity contribution is 6.00. The monoisotopic (exact) mass is 240 g/mol. The molecule has 0 aliphatic heterocycles. The highest BCUT2D eigenvalue weighted by Crippen LogP contribution is 2.21. The molecule has 1 N–H and O–H groups in total. The van der Waals surface area contributed by atoms with Crippen LogP contribution >= 0.6 is 0 Å². The Hall–Kier alpha value is -2.09. The molecular formula is C16H16O2. The average molecular weight is 240 g/mol. The van der Waals surface area contributed by atoms with Gasteiger partial charge in [-0.15, -0.1) is 0 Å². The van der Waals surface area contributed by atoms with E-state index in [4.69, 9.17) is 0 Å². The molecule has 2 aromatic carbocycles. The molecule has 0 fully saturated rings. The normalized spacial score (nSPS) is 10.3. The van der Waals surface area contributed by atoms with Gasteiger partial charge in [-0.05, 0) is 42.7 Å². The van der Waals surface area contributed by atoms with Crippen molar-refractivity contribution in [1.82, 2.24) is 0 Å². The van der Waals surface area contributed by atoms with Crippen molar-refractivity contribution in [2.75, 3.05) is 0 Å². The molecule has 0 atom stereocenters. The Bertz CT molecular complexity index is 565. The number of Topliss-reactive ketones (excluding diaryl/α,β-unsaturated/α-hetero) is 1. The first kappa shape index (κ1) is 12.4. The van der Waals surface area contributed by atoms with E-state index in [2.05, 4.69) is 0 Å². The van der Waals surface area contributed by atoms with Crippen LogP contribution in [0.15, 0.2) is 42.5 Å². The fourth-order valence-corrected chi connectivity index (χ4v) is 2.09. The molecule has 0 aliphatic rings. The molecule has 0 heterocycles. The molecule has 0 spiro atoms. The van der Waals surface area contributed by atoms with Gasteiger partial charge in [0.15, 0.2) is 5.78 Å². The minimum absolute atomic E-state index is 0.0498. The van der Waals surface area contributed by atoms with Gasteiger partial charge in [0, 0.05) is 6.42 Å². The SMILES string of the molecule is Cc1cccc(C)c1CC(=O)c1ccccc1O. The lowest BCUT2D eigenvalue weighted by atomic mass is 9.95. The summed E-state index contributed by atoms with van der Waals surface area (Å²) in [4.78, 5) is 12.2. The number of aryl methyl sites for hydroxylation is 2. The van der Waals surface area contributed by atoms with Crippen LogP contribution in [0, 0.1) is 13.8 Å². The van der Waals surface area contributed by atoms with Crippen LogP contribution in [0.5, 0.6) is 5.75 Å². The second-order valence-corrected chi connectivity index (χ2v) is 4.49. The molecule has 0 unspecified atom stereocenters. The summed E-state index contributed by atoms with van der Waals surface area (Å²) in [6, 6.07) is 12.7. The van der Waals surface area contributed by atoms with Gasteiger partial charge in [0.2, 0.25) is 0 Å². The first-order valence-electron chi connectivity index (χ1n) is 5.96. The number of phenols is 1. The van der Waals surface area contributed by atoms with Crippen molar-refractivity contribution in [3.05, 3.63) is 64.7 Å². The van der Waals surface area contributed by atoms with Gasteiger partial charge in [0.1, 0.15) is 5.75 Å². The van der Waals surface area contributed by atoms with Crippen LogP contribution in [0.1, 0.15) is 27.0 Å². The van der Waals surface area contributed by atoms with Crippen molar-refractivity contribution < 1.29 is 9.90 Å². The molecule has 92 valence electrons. The average Bonchev–Trinajstić information content (AvgIpc) is 2.34. The number of rotatable bonds is 3. The third-order valence-corrected chi connectivity index (χ3v) is 3.19. The van der Waals surface area contributed by atoms with Gasteiger partial charge in [-0.25, -0.2) is 0 Å². The van der Waals surface area contributed by atoms with E-state index in [9.17, 15) is 9.90 Å². The minimum atomic E-state index is -0.0505. The molecule has 2 aromatic rings. The number of carbonyl (C=O) groups is 1. The molecule has 18 heavy (non-hydrogen) atoms. The minimum Gasteiger partial charge on any atom is -0.507 e. The number of para-hydroxylation sites is 1. The lowest BCUT2D eigenvalue weighted by molar-refractivity contribution is 0.0990. The molecule has 0 saturated carbocycles. The zero-order valence-corrected chi connectivity index (χ0v) is 10.6. The number of ketones is 1. The van der Waals surface area contributed by atoms with E-state index in [1.165, 1.54) is 6.07 Å². The number of aromatic hydroxyl groups is 1. The summed E-state index contributed by atoms with van der Waals surface area (Å²) in [6.45, 7) is 4.00. The van der Waals surface area contributed by atoms with E-state index < -0.39 is 0 Å². The van der Waals surface area contributed by atoms with Crippen molar-refractivity contribution in [2.24, 2.45) is 0 Å². The van der Waals surface area contributed by atoms with Crippen molar-refractivity contribution in [3.8, 4) is 5.75 Å². The lowest BCUT2D eigenvalue weighted by Gasteiger charge is -2.09. The molecule has 0 aromatic heterocycles. The molecule has 0 radical (unpaired) electrons. The molecule has 0 bridgehead atoms. The predicted octanol–water partition coefficient (Wildman–Crippen LogP) is 3.43. The molecule has 0 saturated heterocycles. The Kier molecular flexibility index (Phi) is 3.47. The van der Waals surface area contributed by atoms with Gasteiger partial charge in [0.05, 0.1) is 5.56 Å². The van der Waals surface area contributed by atoms with Crippen LogP contribution in [-0.4, -0.2) is 10.9 Å². The van der Waals surface area contributed by atoms with Gasteiger partial charge in [-0.1, -0.05) is 30.3 Å². The van der Waals surface area contributed by atoms with Gasteiger partial charge in [-0.3, -0.25) is 4.79 Å². The maximum Gasteiger partial charge on any atom is 0.170 e. The Morgan fingerprint density at radius 3 is 2.22 bits per heavy atom. The molecule has 2 rings (SSSR count). The third-order valence-electron chi connectivity index (χ3n) is 3.19. The summed E-state index contributed by atoms with van der Waals surface area (Å²) >= 11 is 0. The maximum absolute atomic E-state index is 12.2. The lowest BCUT2D eigenvalue weighted by Crippen LogP contribution is -2.06. The zero-order chi connectivity index (χ0) is 13.1. The van der Waals surface area contributed by atoms with E-state index in [0.717, 1.165) is 16.7 Å². The van der Waals surface area contributed by atoms with Gasteiger partial charge in [0.25, 0.3) is 0 Å². The second-order valence-electron chi connectivity index (χ2n) is 4.49. The van der Waals surface area contributed by atoms with E-state index in [-0.39, 0.29) is 11.5 Å². The number of phenolic OH excluding ortho intramolecular Hbond substituents is 1. The summed E-state index contributed by atoms with van der Waals surface area (Å²) < 4.78 is 0. The largest absolute Gasteiger partial charge is 0.507 e. The zero-order valence-electron chi connectivity index (χ0n) is 10.6. The molecule has 0 aliphatic carbocycles. The number of benzene rings is 2. The standard InChI is InChI=1S/C16H16O2/c1-11-6-5-7-12(2)14(11)10-16(18)13-8-3-4-9-15(13)17/h3-9,17H,10H2,1-2H3. The Labute approximate surface area is 107 Å². The van der Waals surface area contributed by atoms with E-state index in [1.54, 1.807) is 18.2 Å². The summed E-state index contributed by atoms with van der Waals surface area (Å²) in [5, 5.41) is 9.68. The maximum atomic E-state index is 12.2. The van der Waals surface area contributed by atoms with Crippen LogP contribution in [0.2, 0.25) is 0 Å². The Balaban J connectivity index is 2.30. The quantitative estimate of drug-likeness (QED) is 0.834. The number of carbonyl (C=O) groups excluding carboxylic acids is 1. The summed E-state index contributed by atoms with van der Waals surface area (Å²) in [6.07, 6.45) is 0.329. The molecular weight excluding hydrogens is 224 g/mol. The fraction of sp³-hybridized carbons (Fsp3) is 0.188. The van der Waals surface area contributed by atoms with Crippen molar-refractivity contribution in [1.29, 1.82) is 0 Å². The summed E-state index contributed by atoms with van der Waals surface area (Å²) in [7, 11) is 0. The first-order chi connectivity index (χ1) is 8.59. The van der Waals surface area contributed by atoms with Crippen molar-refractivity contribution in [2.45, 2.75) is 20.3 Å².